The summed E-state index contributed by atoms with van der Waals surface area (Å²) < 4.78 is 97.2. The summed E-state index contributed by atoms with van der Waals surface area (Å²) in [6.07, 6.45) is -11.1. The van der Waals surface area contributed by atoms with E-state index in [2.05, 4.69) is 4.74 Å². The number of alkyl halides is 3. The number of hydrogen-bond acceptors (Lipinski definition) is 3. The summed E-state index contributed by atoms with van der Waals surface area (Å²) in [4.78, 5) is 12.7. The van der Waals surface area contributed by atoms with Gasteiger partial charge in [-0.3, -0.25) is 4.90 Å². The Morgan fingerprint density at radius 1 is 1.32 bits per heavy atom. The lowest BCUT2D eigenvalue weighted by molar-refractivity contribution is -0.200. The molecule has 1 amide bonds. The van der Waals surface area contributed by atoms with E-state index >= 15 is 0 Å². The maximum Gasteiger partial charge on any atom is 0.425 e. The zero-order chi connectivity index (χ0) is 21.1. The van der Waals surface area contributed by atoms with Gasteiger partial charge in [0.05, 0.1) is 5.48 Å². The minimum atomic E-state index is -5.29. The highest BCUT2D eigenvalue weighted by Gasteiger charge is 2.40. The van der Waals surface area contributed by atoms with Crippen molar-refractivity contribution in [3.63, 3.8) is 0 Å². The van der Waals surface area contributed by atoms with Gasteiger partial charge in [-0.1, -0.05) is 0 Å². The Labute approximate surface area is 121 Å². The minimum absolute atomic E-state index is 0.203. The monoisotopic (exact) mass is 289 g/mol. The third kappa shape index (κ3) is 4.56. The van der Waals surface area contributed by atoms with Crippen molar-refractivity contribution in [3.8, 4) is 0 Å². The number of carbonyl (C=O) groups excluding carboxylic acids is 1. The van der Waals surface area contributed by atoms with Gasteiger partial charge in [0.25, 0.3) is 0 Å². The van der Waals surface area contributed by atoms with Gasteiger partial charge in [0.1, 0.15) is 0 Å². The molecule has 1 fully saturated rings. The molecule has 3 atom stereocenters. The number of hydrogen-bond donors (Lipinski definition) is 0. The van der Waals surface area contributed by atoms with Crippen LogP contribution >= 0.6 is 0 Å². The first-order valence-electron chi connectivity index (χ1n) is 9.08. The summed E-state index contributed by atoms with van der Waals surface area (Å²) >= 11 is 0. The van der Waals surface area contributed by atoms with Crippen LogP contribution in [-0.4, -0.2) is 59.7 Å². The molecule has 7 heteroatoms. The van der Waals surface area contributed by atoms with Gasteiger partial charge in [-0.25, -0.2) is 4.79 Å². The zero-order valence-electron chi connectivity index (χ0n) is 18.0. The van der Waals surface area contributed by atoms with Crippen LogP contribution in [0.15, 0.2) is 0 Å². The quantitative estimate of drug-likeness (QED) is 0.743. The van der Waals surface area contributed by atoms with Gasteiger partial charge in [-0.05, 0) is 27.7 Å². The molecule has 1 aliphatic heterocycles. The maximum atomic E-state index is 12.8. The van der Waals surface area contributed by atoms with Crippen molar-refractivity contribution in [2.24, 2.45) is 0 Å². The third-order valence-corrected chi connectivity index (χ3v) is 2.21. The summed E-state index contributed by atoms with van der Waals surface area (Å²) in [5.74, 6) is 0. The number of nitrogens with zero attached hydrogens (tertiary/aromatic N) is 2. The van der Waals surface area contributed by atoms with Crippen LogP contribution in [0.2, 0.25) is 0 Å². The van der Waals surface area contributed by atoms with Crippen LogP contribution < -0.4 is 0 Å². The van der Waals surface area contributed by atoms with E-state index in [9.17, 15) is 18.0 Å². The minimum Gasteiger partial charge on any atom is -0.437 e. The molecule has 3 unspecified atom stereocenters. The molecular weight excluding hydrogens is 261 g/mol. The lowest BCUT2D eigenvalue weighted by Crippen LogP contribution is -2.55. The van der Waals surface area contributed by atoms with E-state index < -0.39 is 49.9 Å². The number of carbonyl (C=O) groups is 1. The van der Waals surface area contributed by atoms with Crippen molar-refractivity contribution >= 4 is 6.09 Å². The first kappa shape index (κ1) is 8.34. The largest absolute Gasteiger partial charge is 0.437 e. The predicted molar refractivity (Wildman–Crippen MR) is 64.9 cm³/mol. The van der Waals surface area contributed by atoms with Gasteiger partial charge in [0.2, 0.25) is 0 Å². The topological polar surface area (TPSA) is 32.8 Å². The average Bonchev–Trinajstić information content (AvgIpc) is 2.32. The van der Waals surface area contributed by atoms with E-state index in [-0.39, 0.29) is 11.8 Å². The highest BCUT2D eigenvalue weighted by atomic mass is 19.4. The van der Waals surface area contributed by atoms with E-state index in [0.717, 1.165) is 4.90 Å². The molecule has 1 rings (SSSR count). The molecule has 0 aliphatic carbocycles. The highest BCUT2D eigenvalue weighted by Crippen LogP contribution is 2.23. The van der Waals surface area contributed by atoms with Gasteiger partial charge in [-0.2, -0.15) is 13.2 Å². The van der Waals surface area contributed by atoms with E-state index in [0.29, 0.717) is 0 Å². The molecule has 0 aromatic carbocycles. The van der Waals surface area contributed by atoms with Crippen molar-refractivity contribution in [2.45, 2.75) is 45.5 Å². The summed E-state index contributed by atoms with van der Waals surface area (Å²) in [6.45, 7) is -5.62. The molecule has 0 saturated carbocycles. The smallest absolute Gasteiger partial charge is 0.425 e. The molecule has 0 N–H and O–H groups in total. The number of amides is 1. The van der Waals surface area contributed by atoms with Crippen LogP contribution in [0.4, 0.5) is 18.0 Å². The first-order chi connectivity index (χ1) is 11.2. The Morgan fingerprint density at radius 2 is 1.89 bits per heavy atom. The van der Waals surface area contributed by atoms with Gasteiger partial charge in [0, 0.05) is 35.7 Å². The molecule has 0 aromatic heterocycles. The van der Waals surface area contributed by atoms with E-state index in [1.807, 2.05) is 0 Å². The fourth-order valence-corrected chi connectivity index (χ4v) is 1.05. The van der Waals surface area contributed by atoms with Crippen LogP contribution in [0.5, 0.6) is 0 Å². The summed E-state index contributed by atoms with van der Waals surface area (Å²) in [7, 11) is 0. The highest BCUT2D eigenvalue weighted by molar-refractivity contribution is 5.68. The number of halogens is 3. The van der Waals surface area contributed by atoms with Crippen molar-refractivity contribution in [3.05, 3.63) is 0 Å². The van der Waals surface area contributed by atoms with E-state index in [4.69, 9.17) is 9.60 Å². The maximum absolute atomic E-state index is 12.8. The van der Waals surface area contributed by atoms with Crippen LogP contribution in [0.25, 0.3) is 0 Å². The molecule has 0 bridgehead atoms. The Hall–Kier alpha value is -0.980. The third-order valence-electron chi connectivity index (χ3n) is 2.21. The molecule has 1 heterocycles. The molecule has 1 aliphatic rings. The van der Waals surface area contributed by atoms with E-state index in [1.165, 1.54) is 20.8 Å². The van der Waals surface area contributed by atoms with Crippen LogP contribution in [0.3, 0.4) is 0 Å². The first-order valence-corrected chi connectivity index (χ1v) is 5.42. The zero-order valence-corrected chi connectivity index (χ0v) is 11.0. The summed E-state index contributed by atoms with van der Waals surface area (Å²) in [5.41, 5.74) is -1.13. The average molecular weight is 289 g/mol. The number of ether oxygens (including phenoxy) is 1. The molecular formula is C12H21F3N2O2. The Bertz CT molecular complexity index is 566. The molecule has 0 radical (unpaired) electrons. The molecule has 112 valence electrons. The molecule has 0 spiro atoms. The predicted octanol–water partition coefficient (Wildman–Crippen LogP) is 2.49. The lowest BCUT2D eigenvalue weighted by Gasteiger charge is -2.42. The molecule has 19 heavy (non-hydrogen) atoms. The number of piperazine rings is 1. The van der Waals surface area contributed by atoms with Crippen molar-refractivity contribution in [2.75, 3.05) is 26.0 Å². The van der Waals surface area contributed by atoms with Gasteiger partial charge >= 0.3 is 12.3 Å². The fraction of sp³-hybridized carbons (Fsp3) is 0.917. The SMILES string of the molecule is [2H]C1C([2H])N(C(C)(C)C)C([2H])([2H])C([2H])([2H])N1C(=O)OC([2H])(C)C(F)(F)F. The van der Waals surface area contributed by atoms with Gasteiger partial charge in [-0.15, -0.1) is 0 Å². The second-order valence-corrected chi connectivity index (χ2v) is 4.85. The Morgan fingerprint density at radius 3 is 2.37 bits per heavy atom. The van der Waals surface area contributed by atoms with E-state index in [1.54, 1.807) is 0 Å². The lowest BCUT2D eigenvalue weighted by atomic mass is 10.1. The van der Waals surface area contributed by atoms with Crippen LogP contribution in [-0.2, 0) is 4.74 Å². The Kier molecular flexibility index (Phi) is 2.44. The number of rotatable bonds is 1. The van der Waals surface area contributed by atoms with Crippen LogP contribution in [0, 0.1) is 0 Å². The van der Waals surface area contributed by atoms with Crippen molar-refractivity contribution in [1.82, 2.24) is 9.80 Å². The normalized spacial score (nSPS) is 40.4. The summed E-state index contributed by atoms with van der Waals surface area (Å²) in [6, 6.07) is 0. The summed E-state index contributed by atoms with van der Waals surface area (Å²) in [5, 5.41) is 0. The molecule has 1 saturated heterocycles. The Balaban J connectivity index is 3.36. The molecule has 0 aromatic rings. The standard InChI is InChI=1S/C12H21F3N2O2/c1-9(12(13,14)15)19-10(18)16-5-7-17(8-6-16)11(2,3)4/h9H,5-8H2,1-4H3/i5D,6D2,7D,8D2,9D. The second kappa shape index (κ2) is 5.56. The molecule has 4 nitrogen and oxygen atoms in total. The van der Waals surface area contributed by atoms with Crippen molar-refractivity contribution in [1.29, 1.82) is 0 Å². The van der Waals surface area contributed by atoms with Crippen molar-refractivity contribution < 1.29 is 32.3 Å². The van der Waals surface area contributed by atoms with Crippen LogP contribution in [0.1, 0.15) is 37.3 Å². The second-order valence-electron chi connectivity index (χ2n) is 4.85. The van der Waals surface area contributed by atoms with Gasteiger partial charge in [0.15, 0.2) is 6.08 Å². The fourth-order valence-electron chi connectivity index (χ4n) is 1.05. The van der Waals surface area contributed by atoms with Gasteiger partial charge < -0.3 is 9.64 Å².